The predicted octanol–water partition coefficient (Wildman–Crippen LogP) is 3.19. The van der Waals surface area contributed by atoms with Gasteiger partial charge < -0.3 is 19.5 Å². The van der Waals surface area contributed by atoms with Gasteiger partial charge in [-0.25, -0.2) is 4.79 Å². The highest BCUT2D eigenvalue weighted by Gasteiger charge is 2.60. The molecule has 1 spiro atoms. The number of aliphatic carboxylic acids is 1. The molecule has 1 amide bonds. The maximum Gasteiger partial charge on any atom is 0.341 e. The molecular formula is C21H29NO5. The molecule has 2 aliphatic rings. The Bertz CT molecular complexity index is 717. The lowest BCUT2D eigenvalue weighted by Gasteiger charge is -2.63. The van der Waals surface area contributed by atoms with Crippen LogP contribution in [0.3, 0.4) is 0 Å². The van der Waals surface area contributed by atoms with E-state index >= 15 is 0 Å². The van der Waals surface area contributed by atoms with Crippen molar-refractivity contribution in [2.45, 2.75) is 58.6 Å². The lowest BCUT2D eigenvalue weighted by Crippen LogP contribution is -2.67. The van der Waals surface area contributed by atoms with Crippen LogP contribution in [0.1, 0.15) is 54.1 Å². The van der Waals surface area contributed by atoms with Gasteiger partial charge in [0.15, 0.2) is 6.61 Å². The van der Waals surface area contributed by atoms with Crippen LogP contribution < -0.4 is 4.74 Å². The Labute approximate surface area is 160 Å². The summed E-state index contributed by atoms with van der Waals surface area (Å²) in [6, 6.07) is 3.79. The van der Waals surface area contributed by atoms with Crippen LogP contribution in [0.5, 0.6) is 5.75 Å². The Balaban J connectivity index is 1.75. The van der Waals surface area contributed by atoms with Crippen LogP contribution in [-0.4, -0.2) is 54.3 Å². The third-order valence-electron chi connectivity index (χ3n) is 6.23. The minimum Gasteiger partial charge on any atom is -0.481 e. The smallest absolute Gasteiger partial charge is 0.341 e. The summed E-state index contributed by atoms with van der Waals surface area (Å²) in [7, 11) is 1.88. The second-order valence-corrected chi connectivity index (χ2v) is 7.82. The monoisotopic (exact) mass is 375 g/mol. The number of rotatable bonds is 7. The van der Waals surface area contributed by atoms with Crippen molar-refractivity contribution in [3.8, 4) is 5.75 Å². The molecule has 0 heterocycles. The Kier molecular flexibility index (Phi) is 5.47. The van der Waals surface area contributed by atoms with Gasteiger partial charge in [-0.2, -0.15) is 0 Å². The first-order chi connectivity index (χ1) is 12.8. The Morgan fingerprint density at radius 1 is 1.26 bits per heavy atom. The number of amides is 1. The van der Waals surface area contributed by atoms with Crippen molar-refractivity contribution in [1.29, 1.82) is 0 Å². The average Bonchev–Trinajstić information content (AvgIpc) is 2.54. The minimum absolute atomic E-state index is 0.00259. The first-order valence-electron chi connectivity index (χ1n) is 9.64. The average molecular weight is 375 g/mol. The molecular weight excluding hydrogens is 346 g/mol. The van der Waals surface area contributed by atoms with Crippen LogP contribution in [0.2, 0.25) is 0 Å². The minimum atomic E-state index is -1.02. The molecule has 2 unspecified atom stereocenters. The number of carboxylic acid groups (broad SMARTS) is 1. The molecule has 6 nitrogen and oxygen atoms in total. The third-order valence-corrected chi connectivity index (χ3v) is 6.23. The van der Waals surface area contributed by atoms with Crippen molar-refractivity contribution in [3.63, 3.8) is 0 Å². The van der Waals surface area contributed by atoms with Crippen LogP contribution in [0, 0.1) is 19.3 Å². The number of carboxylic acids is 1. The van der Waals surface area contributed by atoms with Gasteiger partial charge in [-0.05, 0) is 63.3 Å². The Morgan fingerprint density at radius 3 is 2.37 bits per heavy atom. The van der Waals surface area contributed by atoms with E-state index in [9.17, 15) is 9.59 Å². The Morgan fingerprint density at radius 2 is 1.89 bits per heavy atom. The fourth-order valence-electron chi connectivity index (χ4n) is 4.73. The van der Waals surface area contributed by atoms with Gasteiger partial charge in [0.05, 0.1) is 6.10 Å². The molecule has 1 N–H and O–H groups in total. The second kappa shape index (κ2) is 7.50. The molecule has 1 aromatic rings. The first kappa shape index (κ1) is 19.7. The third kappa shape index (κ3) is 3.43. The molecule has 148 valence electrons. The summed E-state index contributed by atoms with van der Waals surface area (Å²) in [5.41, 5.74) is 2.29. The molecule has 2 fully saturated rings. The van der Waals surface area contributed by atoms with Crippen molar-refractivity contribution in [1.82, 2.24) is 4.90 Å². The number of benzene rings is 1. The summed E-state index contributed by atoms with van der Waals surface area (Å²) in [5, 5.41) is 8.81. The fraction of sp³-hybridized carbons (Fsp3) is 0.619. The lowest BCUT2D eigenvalue weighted by molar-refractivity contribution is -0.192. The molecule has 2 atom stereocenters. The van der Waals surface area contributed by atoms with Gasteiger partial charge in [-0.1, -0.05) is 6.42 Å². The van der Waals surface area contributed by atoms with E-state index < -0.39 is 12.6 Å². The van der Waals surface area contributed by atoms with Gasteiger partial charge in [0.2, 0.25) is 0 Å². The topological polar surface area (TPSA) is 76.1 Å². The van der Waals surface area contributed by atoms with E-state index in [1.807, 2.05) is 32.7 Å². The van der Waals surface area contributed by atoms with Gasteiger partial charge >= 0.3 is 5.97 Å². The summed E-state index contributed by atoms with van der Waals surface area (Å²) in [6.45, 7) is 6.02. The van der Waals surface area contributed by atoms with Gasteiger partial charge in [0, 0.05) is 30.7 Å². The van der Waals surface area contributed by atoms with Crippen molar-refractivity contribution >= 4 is 11.9 Å². The highest BCUT2D eigenvalue weighted by atomic mass is 16.5. The lowest BCUT2D eigenvalue weighted by atomic mass is 9.50. The van der Waals surface area contributed by atoms with E-state index in [1.54, 1.807) is 12.1 Å². The molecule has 1 aromatic carbocycles. The predicted molar refractivity (Wildman–Crippen MR) is 101 cm³/mol. The molecule has 0 aromatic heterocycles. The van der Waals surface area contributed by atoms with Crippen LogP contribution in [0.15, 0.2) is 12.1 Å². The highest BCUT2D eigenvalue weighted by molar-refractivity contribution is 5.95. The molecule has 0 aliphatic heterocycles. The van der Waals surface area contributed by atoms with E-state index in [0.717, 1.165) is 30.4 Å². The number of hydrogen-bond acceptors (Lipinski definition) is 4. The number of hydrogen-bond donors (Lipinski definition) is 1. The molecule has 2 saturated carbocycles. The largest absolute Gasteiger partial charge is 0.481 e. The van der Waals surface area contributed by atoms with Gasteiger partial charge in [-0.3, -0.25) is 4.79 Å². The highest BCUT2D eigenvalue weighted by Crippen LogP contribution is 2.59. The molecule has 0 saturated heterocycles. The van der Waals surface area contributed by atoms with E-state index in [2.05, 4.69) is 0 Å². The number of carbonyl (C=O) groups excluding carboxylic acids is 1. The van der Waals surface area contributed by atoms with E-state index in [1.165, 1.54) is 6.42 Å². The fourth-order valence-corrected chi connectivity index (χ4v) is 4.73. The first-order valence-corrected chi connectivity index (χ1v) is 9.64. The maximum atomic E-state index is 13.1. The molecule has 0 radical (unpaired) electrons. The molecule has 0 bridgehead atoms. The standard InChI is InChI=1S/C21H29NO5/c1-5-26-17-11-16(21(17)7-6-8-21)22(4)20(25)15-9-13(2)19(14(3)10-15)27-12-18(23)24/h9-10,16-17H,5-8,11-12H2,1-4H3,(H,23,24). The van der Waals surface area contributed by atoms with Crippen LogP contribution in [-0.2, 0) is 9.53 Å². The zero-order chi connectivity index (χ0) is 19.8. The van der Waals surface area contributed by atoms with E-state index in [4.69, 9.17) is 14.6 Å². The summed E-state index contributed by atoms with van der Waals surface area (Å²) in [5.74, 6) is -0.488. The molecule has 2 aliphatic carbocycles. The quantitative estimate of drug-likeness (QED) is 0.792. The van der Waals surface area contributed by atoms with Crippen LogP contribution in [0.25, 0.3) is 0 Å². The van der Waals surface area contributed by atoms with Gasteiger partial charge in [0.25, 0.3) is 5.91 Å². The van der Waals surface area contributed by atoms with Crippen molar-refractivity contribution in [2.24, 2.45) is 5.41 Å². The summed E-state index contributed by atoms with van der Waals surface area (Å²) < 4.78 is 11.3. The van der Waals surface area contributed by atoms with Crippen LogP contribution in [0.4, 0.5) is 0 Å². The summed E-state index contributed by atoms with van der Waals surface area (Å²) >= 11 is 0. The second-order valence-electron chi connectivity index (χ2n) is 7.82. The molecule has 3 rings (SSSR count). The van der Waals surface area contributed by atoms with E-state index in [0.29, 0.717) is 17.9 Å². The normalized spacial score (nSPS) is 22.7. The van der Waals surface area contributed by atoms with E-state index in [-0.39, 0.29) is 23.5 Å². The number of aryl methyl sites for hydroxylation is 2. The molecule has 6 heteroatoms. The Hall–Kier alpha value is -2.08. The number of ether oxygens (including phenoxy) is 2. The van der Waals surface area contributed by atoms with Crippen LogP contribution >= 0.6 is 0 Å². The zero-order valence-corrected chi connectivity index (χ0v) is 16.6. The summed E-state index contributed by atoms with van der Waals surface area (Å²) in [6.07, 6.45) is 4.62. The van der Waals surface area contributed by atoms with Gasteiger partial charge in [0.1, 0.15) is 5.75 Å². The van der Waals surface area contributed by atoms with Gasteiger partial charge in [-0.15, -0.1) is 0 Å². The number of nitrogens with zero attached hydrogens (tertiary/aromatic N) is 1. The van der Waals surface area contributed by atoms with Crippen molar-refractivity contribution in [3.05, 3.63) is 28.8 Å². The SMILES string of the molecule is CCOC1CC(N(C)C(=O)c2cc(C)c(OCC(=O)O)c(C)c2)C12CCC2. The zero-order valence-electron chi connectivity index (χ0n) is 16.6. The van der Waals surface area contributed by atoms with Crippen molar-refractivity contribution < 1.29 is 24.2 Å². The summed E-state index contributed by atoms with van der Waals surface area (Å²) in [4.78, 5) is 25.7. The maximum absolute atomic E-state index is 13.1. The molecule has 27 heavy (non-hydrogen) atoms. The van der Waals surface area contributed by atoms with Crippen molar-refractivity contribution in [2.75, 3.05) is 20.3 Å². The number of carbonyl (C=O) groups is 2.